The van der Waals surface area contributed by atoms with Gasteiger partial charge in [0.05, 0.1) is 6.04 Å². The first-order valence-corrected chi connectivity index (χ1v) is 6.34. The van der Waals surface area contributed by atoms with Crippen LogP contribution in [0.15, 0.2) is 0 Å². The highest BCUT2D eigenvalue weighted by Gasteiger charge is 2.26. The van der Waals surface area contributed by atoms with E-state index in [-0.39, 0.29) is 30.9 Å². The Morgan fingerprint density at radius 1 is 1.53 bits per heavy atom. The highest BCUT2D eigenvalue weighted by Crippen LogP contribution is 2.11. The Morgan fingerprint density at radius 2 is 2.16 bits per heavy atom. The second-order valence-electron chi connectivity index (χ2n) is 4.61. The molecule has 1 saturated heterocycles. The zero-order valence-corrected chi connectivity index (χ0v) is 11.2. The van der Waals surface area contributed by atoms with Gasteiger partial charge in [0.2, 0.25) is 11.8 Å². The van der Waals surface area contributed by atoms with E-state index in [4.69, 9.17) is 16.9 Å². The largest absolute Gasteiger partial charge is 0.375 e. The van der Waals surface area contributed by atoms with Crippen LogP contribution in [0.4, 0.5) is 0 Å². The van der Waals surface area contributed by atoms with E-state index in [1.807, 2.05) is 0 Å². The van der Waals surface area contributed by atoms with Crippen molar-refractivity contribution in [3.05, 3.63) is 0 Å². The third kappa shape index (κ3) is 4.89. The molecule has 6 nitrogen and oxygen atoms in total. The number of hydrogen-bond acceptors (Lipinski definition) is 4. The minimum Gasteiger partial charge on any atom is -0.375 e. The summed E-state index contributed by atoms with van der Waals surface area (Å²) in [6, 6.07) is -0.528. The molecule has 1 rings (SSSR count). The first-order chi connectivity index (χ1) is 9.08. The monoisotopic (exact) mass is 267 g/mol. The zero-order chi connectivity index (χ0) is 14.3. The van der Waals surface area contributed by atoms with Crippen molar-refractivity contribution in [1.82, 2.24) is 10.2 Å². The third-order valence-electron chi connectivity index (χ3n) is 3.10. The summed E-state index contributed by atoms with van der Waals surface area (Å²) in [5.74, 6) is 2.15. The van der Waals surface area contributed by atoms with Crippen molar-refractivity contribution in [1.29, 1.82) is 0 Å². The fourth-order valence-corrected chi connectivity index (χ4v) is 2.09. The number of amides is 2. The lowest BCUT2D eigenvalue weighted by Gasteiger charge is -2.33. The van der Waals surface area contributed by atoms with Crippen LogP contribution in [0.25, 0.3) is 0 Å². The van der Waals surface area contributed by atoms with Crippen molar-refractivity contribution in [2.75, 3.05) is 26.8 Å². The van der Waals surface area contributed by atoms with E-state index in [2.05, 4.69) is 11.2 Å². The highest BCUT2D eigenvalue weighted by atomic mass is 16.5. The van der Waals surface area contributed by atoms with Gasteiger partial charge in [0.1, 0.15) is 6.61 Å². The van der Waals surface area contributed by atoms with Gasteiger partial charge in [0.25, 0.3) is 0 Å². The summed E-state index contributed by atoms with van der Waals surface area (Å²) in [7, 11) is 1.48. The Balaban J connectivity index is 2.34. The molecule has 19 heavy (non-hydrogen) atoms. The van der Waals surface area contributed by atoms with Crippen molar-refractivity contribution >= 4 is 11.8 Å². The van der Waals surface area contributed by atoms with Gasteiger partial charge in [-0.1, -0.05) is 0 Å². The van der Waals surface area contributed by atoms with Crippen molar-refractivity contribution in [2.24, 2.45) is 5.73 Å². The number of likely N-dealkylation sites (tertiary alicyclic amines) is 1. The number of piperidine rings is 1. The third-order valence-corrected chi connectivity index (χ3v) is 3.10. The van der Waals surface area contributed by atoms with Crippen LogP contribution in [0.3, 0.4) is 0 Å². The lowest BCUT2D eigenvalue weighted by atomic mass is 10.0. The summed E-state index contributed by atoms with van der Waals surface area (Å²) in [5, 5.41) is 2.87. The summed E-state index contributed by atoms with van der Waals surface area (Å²) in [4.78, 5) is 25.0. The van der Waals surface area contributed by atoms with Crippen molar-refractivity contribution < 1.29 is 14.3 Å². The molecule has 106 valence electrons. The van der Waals surface area contributed by atoms with Gasteiger partial charge in [-0.25, -0.2) is 0 Å². The van der Waals surface area contributed by atoms with Crippen LogP contribution in [0, 0.1) is 12.3 Å². The number of nitrogens with one attached hydrogen (secondary N) is 1. The topological polar surface area (TPSA) is 84.7 Å². The molecular formula is C13H21N3O3. The predicted molar refractivity (Wildman–Crippen MR) is 71.0 cm³/mol. The number of hydrogen-bond donors (Lipinski definition) is 2. The first-order valence-electron chi connectivity index (χ1n) is 6.34. The van der Waals surface area contributed by atoms with Crippen LogP contribution >= 0.6 is 0 Å². The zero-order valence-electron chi connectivity index (χ0n) is 11.2. The number of terminal acetylenes is 1. The number of carbonyl (C=O) groups is 2. The van der Waals surface area contributed by atoms with Gasteiger partial charge < -0.3 is 20.7 Å². The number of nitrogens with zero attached hydrogens (tertiary/aromatic N) is 1. The molecule has 3 N–H and O–H groups in total. The number of nitrogens with two attached hydrogens (primary N) is 1. The second-order valence-corrected chi connectivity index (χ2v) is 4.61. The Kier molecular flexibility index (Phi) is 6.33. The van der Waals surface area contributed by atoms with E-state index < -0.39 is 6.04 Å². The molecule has 0 spiro atoms. The Bertz CT molecular complexity index is 357. The van der Waals surface area contributed by atoms with Gasteiger partial charge in [0, 0.05) is 32.7 Å². The molecule has 0 bridgehead atoms. The molecule has 0 aromatic rings. The van der Waals surface area contributed by atoms with Crippen LogP contribution in [-0.4, -0.2) is 55.6 Å². The summed E-state index contributed by atoms with van der Waals surface area (Å²) < 4.78 is 4.75. The van der Waals surface area contributed by atoms with Crippen LogP contribution in [0.1, 0.15) is 19.3 Å². The van der Waals surface area contributed by atoms with Gasteiger partial charge >= 0.3 is 0 Å². The average molecular weight is 267 g/mol. The first kappa shape index (κ1) is 15.5. The fraction of sp³-hybridized carbons (Fsp3) is 0.692. The molecule has 1 aliphatic rings. The van der Waals surface area contributed by atoms with Crippen molar-refractivity contribution in [2.45, 2.75) is 31.3 Å². The molecule has 1 fully saturated rings. The number of rotatable bonds is 5. The molecule has 0 aromatic heterocycles. The Hall–Kier alpha value is -1.58. The maximum absolute atomic E-state index is 11.9. The Morgan fingerprint density at radius 3 is 2.68 bits per heavy atom. The van der Waals surface area contributed by atoms with Gasteiger partial charge in [-0.3, -0.25) is 9.59 Å². The molecule has 0 aliphatic carbocycles. The number of carbonyl (C=O) groups excluding carboxylic acids is 2. The fourth-order valence-electron chi connectivity index (χ4n) is 2.09. The summed E-state index contributed by atoms with van der Waals surface area (Å²) in [6.45, 7) is 1.25. The summed E-state index contributed by atoms with van der Waals surface area (Å²) in [5.41, 5.74) is 5.69. The molecule has 1 aliphatic heterocycles. The SMILES string of the molecule is C#CCC(N)C(=O)N1CCC(NC(=O)COC)CC1. The predicted octanol–water partition coefficient (Wildman–Crippen LogP) is -0.909. The lowest BCUT2D eigenvalue weighted by Crippen LogP contribution is -2.51. The molecule has 1 heterocycles. The normalized spacial score (nSPS) is 17.6. The smallest absolute Gasteiger partial charge is 0.246 e. The van der Waals surface area contributed by atoms with E-state index in [1.54, 1.807) is 4.90 Å². The summed E-state index contributed by atoms with van der Waals surface area (Å²) >= 11 is 0. The average Bonchev–Trinajstić information content (AvgIpc) is 2.39. The van der Waals surface area contributed by atoms with Gasteiger partial charge in [-0.15, -0.1) is 12.3 Å². The number of ether oxygens (including phenoxy) is 1. The van der Waals surface area contributed by atoms with E-state index in [0.717, 1.165) is 12.8 Å². The van der Waals surface area contributed by atoms with E-state index >= 15 is 0 Å². The molecule has 6 heteroatoms. The molecule has 1 atom stereocenters. The van der Waals surface area contributed by atoms with Crippen LogP contribution in [0.5, 0.6) is 0 Å². The molecule has 0 saturated carbocycles. The quantitative estimate of drug-likeness (QED) is 0.632. The van der Waals surface area contributed by atoms with Gasteiger partial charge in [-0.2, -0.15) is 0 Å². The van der Waals surface area contributed by atoms with Crippen molar-refractivity contribution in [3.8, 4) is 12.3 Å². The number of methoxy groups -OCH3 is 1. The summed E-state index contributed by atoms with van der Waals surface area (Å²) in [6.07, 6.45) is 6.85. The van der Waals surface area contributed by atoms with Crippen LogP contribution in [0.2, 0.25) is 0 Å². The molecule has 0 radical (unpaired) electrons. The lowest BCUT2D eigenvalue weighted by molar-refractivity contribution is -0.133. The second kappa shape index (κ2) is 7.77. The highest BCUT2D eigenvalue weighted by molar-refractivity contribution is 5.82. The molecule has 1 unspecified atom stereocenters. The standard InChI is InChI=1S/C13H21N3O3/c1-3-4-11(14)13(18)16-7-5-10(6-8-16)15-12(17)9-19-2/h1,10-11H,4-9,14H2,2H3,(H,15,17). The minimum atomic E-state index is -0.621. The maximum atomic E-state index is 11.9. The van der Waals surface area contributed by atoms with Crippen molar-refractivity contribution in [3.63, 3.8) is 0 Å². The molecular weight excluding hydrogens is 246 g/mol. The van der Waals surface area contributed by atoms with Gasteiger partial charge in [0.15, 0.2) is 0 Å². The van der Waals surface area contributed by atoms with E-state index in [9.17, 15) is 9.59 Å². The Labute approximate surface area is 113 Å². The molecule has 2 amide bonds. The van der Waals surface area contributed by atoms with E-state index in [0.29, 0.717) is 13.1 Å². The van der Waals surface area contributed by atoms with E-state index in [1.165, 1.54) is 7.11 Å². The maximum Gasteiger partial charge on any atom is 0.246 e. The van der Waals surface area contributed by atoms with Crippen LogP contribution < -0.4 is 11.1 Å². The minimum absolute atomic E-state index is 0.0617. The van der Waals surface area contributed by atoms with Crippen LogP contribution in [-0.2, 0) is 14.3 Å². The molecule has 0 aromatic carbocycles. The van der Waals surface area contributed by atoms with Gasteiger partial charge in [-0.05, 0) is 12.8 Å².